The Morgan fingerprint density at radius 3 is 1.78 bits per heavy atom. The fourth-order valence-corrected chi connectivity index (χ4v) is 12.0. The first-order chi connectivity index (χ1) is 31.8. The van der Waals surface area contributed by atoms with Gasteiger partial charge >= 0.3 is 0 Å². The third-order valence-corrected chi connectivity index (χ3v) is 14.7. The molecule has 0 aliphatic heterocycles. The lowest BCUT2D eigenvalue weighted by atomic mass is 10.0. The van der Waals surface area contributed by atoms with Gasteiger partial charge in [-0.05, 0) is 71.8 Å². The Bertz CT molecular complexity index is 4420. The van der Waals surface area contributed by atoms with Gasteiger partial charge < -0.3 is 8.97 Å². The van der Waals surface area contributed by atoms with Gasteiger partial charge in [-0.2, -0.15) is 0 Å². The average Bonchev–Trinajstić information content (AvgIpc) is 4.15. The van der Waals surface area contributed by atoms with E-state index < -0.39 is 0 Å². The van der Waals surface area contributed by atoms with Crippen molar-refractivity contribution in [1.29, 1.82) is 0 Å². The molecule has 0 bridgehead atoms. The van der Waals surface area contributed by atoms with Crippen LogP contribution in [0.2, 0.25) is 0 Å². The number of fused-ring (bicyclic) bond motifs is 16. The monoisotopic (exact) mass is 831 g/mol. The van der Waals surface area contributed by atoms with Crippen molar-refractivity contribution in [3.05, 3.63) is 200 Å². The van der Waals surface area contributed by atoms with E-state index in [9.17, 15) is 0 Å². The van der Waals surface area contributed by atoms with Gasteiger partial charge in [0.05, 0.1) is 44.3 Å². The lowest BCUT2D eigenvalue weighted by Crippen LogP contribution is -2.02. The highest BCUT2D eigenvalue weighted by Gasteiger charge is 2.26. The zero-order chi connectivity index (χ0) is 41.6. The van der Waals surface area contributed by atoms with E-state index in [2.05, 4.69) is 214 Å². The van der Waals surface area contributed by atoms with E-state index in [4.69, 9.17) is 9.97 Å². The second kappa shape index (κ2) is 12.6. The number of hydrogen-bond acceptors (Lipinski definition) is 3. The minimum atomic E-state index is 0.667. The van der Waals surface area contributed by atoms with Crippen LogP contribution < -0.4 is 0 Å². The van der Waals surface area contributed by atoms with Crippen LogP contribution in [-0.4, -0.2) is 23.5 Å². The number of nitrogens with zero attached hydrogens (tertiary/aromatic N) is 5. The maximum atomic E-state index is 5.72. The molecular weight excluding hydrogens is 799 g/mol. The Labute approximate surface area is 369 Å². The molecule has 0 aliphatic carbocycles. The molecule has 64 heavy (non-hydrogen) atoms. The Kier molecular flexibility index (Phi) is 6.77. The summed E-state index contributed by atoms with van der Waals surface area (Å²) in [5.74, 6) is 0.667. The molecule has 0 aliphatic rings. The minimum absolute atomic E-state index is 0.667. The van der Waals surface area contributed by atoms with E-state index in [0.717, 1.165) is 43.7 Å². The lowest BCUT2D eigenvalue weighted by molar-refractivity contribution is 1.02. The van der Waals surface area contributed by atoms with Gasteiger partial charge in [-0.1, -0.05) is 140 Å². The number of benzene rings is 9. The van der Waals surface area contributed by atoms with E-state index in [0.29, 0.717) is 5.95 Å². The minimum Gasteiger partial charge on any atom is -0.309 e. The van der Waals surface area contributed by atoms with Crippen molar-refractivity contribution in [1.82, 2.24) is 23.5 Å². The predicted octanol–water partition coefficient (Wildman–Crippen LogP) is 15.5. The van der Waals surface area contributed by atoms with Crippen LogP contribution in [0.5, 0.6) is 0 Å². The molecule has 0 N–H and O–H groups in total. The molecule has 0 amide bonds. The molecule has 296 valence electrons. The first-order valence-corrected chi connectivity index (χ1v) is 22.6. The number of para-hydroxylation sites is 4. The fourth-order valence-electron chi connectivity index (χ4n) is 10.9. The molecule has 5 nitrogen and oxygen atoms in total. The Balaban J connectivity index is 1.06. The SMILES string of the molecule is c1ccc(-c2ccc3c4cc5c(c6ccccc6n5-c5nc(-c6ccc7c(c6)c6ccccc6n7-c6ccccc6)c6c(n5)sc5ccccc56)c5c6ccccc6n(c3c2)c45)cc1. The highest BCUT2D eigenvalue weighted by atomic mass is 32.1. The molecule has 15 aromatic rings. The molecule has 6 heteroatoms. The van der Waals surface area contributed by atoms with E-state index >= 15 is 0 Å². The summed E-state index contributed by atoms with van der Waals surface area (Å²) in [5, 5.41) is 12.0. The van der Waals surface area contributed by atoms with Gasteiger partial charge in [0, 0.05) is 69.8 Å². The Hall–Kier alpha value is -8.32. The van der Waals surface area contributed by atoms with Gasteiger partial charge in [0.15, 0.2) is 0 Å². The van der Waals surface area contributed by atoms with Crippen LogP contribution in [0.4, 0.5) is 0 Å². The molecule has 0 spiro atoms. The highest BCUT2D eigenvalue weighted by Crippen LogP contribution is 2.48. The summed E-state index contributed by atoms with van der Waals surface area (Å²) < 4.78 is 8.39. The second-order valence-corrected chi connectivity index (χ2v) is 17.9. The van der Waals surface area contributed by atoms with Gasteiger partial charge in [-0.15, -0.1) is 11.3 Å². The summed E-state index contributed by atoms with van der Waals surface area (Å²) in [7, 11) is 0. The van der Waals surface area contributed by atoms with Crippen molar-refractivity contribution in [3.63, 3.8) is 0 Å². The fraction of sp³-hybridized carbons (Fsp3) is 0. The summed E-state index contributed by atoms with van der Waals surface area (Å²) in [6.45, 7) is 0. The molecule has 0 saturated carbocycles. The van der Waals surface area contributed by atoms with Gasteiger partial charge in [-0.3, -0.25) is 4.57 Å². The van der Waals surface area contributed by atoms with E-state index in [-0.39, 0.29) is 0 Å². The zero-order valence-corrected chi connectivity index (χ0v) is 35.0. The Morgan fingerprint density at radius 2 is 0.969 bits per heavy atom. The molecule has 0 fully saturated rings. The first kappa shape index (κ1) is 34.3. The molecule has 9 aromatic carbocycles. The van der Waals surface area contributed by atoms with E-state index in [1.54, 1.807) is 11.3 Å². The summed E-state index contributed by atoms with van der Waals surface area (Å²) in [6.07, 6.45) is 0. The van der Waals surface area contributed by atoms with Crippen molar-refractivity contribution in [2.45, 2.75) is 0 Å². The maximum Gasteiger partial charge on any atom is 0.236 e. The average molecular weight is 832 g/mol. The number of hydrogen-bond donors (Lipinski definition) is 0. The van der Waals surface area contributed by atoms with E-state index in [1.165, 1.54) is 86.4 Å². The quantitative estimate of drug-likeness (QED) is 0.177. The van der Waals surface area contributed by atoms with Crippen molar-refractivity contribution in [3.8, 4) is 34.0 Å². The summed E-state index contributed by atoms with van der Waals surface area (Å²) >= 11 is 1.74. The molecule has 6 aromatic heterocycles. The molecule has 15 rings (SSSR count). The van der Waals surface area contributed by atoms with Crippen LogP contribution in [0.1, 0.15) is 0 Å². The number of rotatable bonds is 4. The number of aromatic nitrogens is 5. The smallest absolute Gasteiger partial charge is 0.236 e. The van der Waals surface area contributed by atoms with Gasteiger partial charge in [0.1, 0.15) is 4.83 Å². The molecule has 6 heterocycles. The highest BCUT2D eigenvalue weighted by molar-refractivity contribution is 7.25. The molecule has 0 radical (unpaired) electrons. The van der Waals surface area contributed by atoms with Gasteiger partial charge in [-0.25, -0.2) is 9.97 Å². The van der Waals surface area contributed by atoms with Crippen LogP contribution in [0, 0.1) is 0 Å². The second-order valence-electron chi connectivity index (χ2n) is 16.9. The molecule has 0 unspecified atom stereocenters. The molecule has 0 saturated heterocycles. The molecule has 0 atom stereocenters. The van der Waals surface area contributed by atoms with Crippen molar-refractivity contribution in [2.24, 2.45) is 0 Å². The largest absolute Gasteiger partial charge is 0.309 e. The van der Waals surface area contributed by atoms with Crippen molar-refractivity contribution in [2.75, 3.05) is 0 Å². The van der Waals surface area contributed by atoms with Crippen molar-refractivity contribution >= 4 is 113 Å². The van der Waals surface area contributed by atoms with Gasteiger partial charge in [0.2, 0.25) is 5.95 Å². The number of thiophene rings is 1. The van der Waals surface area contributed by atoms with Gasteiger partial charge in [0.25, 0.3) is 0 Å². The standard InChI is InChI=1S/C58H33N5S/c1-3-15-34(16-4-1)35-27-29-39-44-33-50-52(53-41-21-9-12-24-46(41)62(56(44)53)49(39)32-35)40-20-8-13-25-47(40)63(50)58-59-55(54-42-22-10-14-26-51(42)64-57(54)60-58)36-28-30-48-43(31-36)38-19-7-11-23-45(38)61(48)37-17-5-2-6-18-37/h1-33H. The van der Waals surface area contributed by atoms with E-state index in [1.807, 2.05) is 0 Å². The normalized spacial score (nSPS) is 12.4. The topological polar surface area (TPSA) is 40.0 Å². The van der Waals surface area contributed by atoms with Crippen LogP contribution >= 0.6 is 11.3 Å². The van der Waals surface area contributed by atoms with Crippen LogP contribution in [0.15, 0.2) is 200 Å². The van der Waals surface area contributed by atoms with Crippen LogP contribution in [-0.2, 0) is 0 Å². The van der Waals surface area contributed by atoms with Crippen LogP contribution in [0.3, 0.4) is 0 Å². The van der Waals surface area contributed by atoms with Crippen molar-refractivity contribution < 1.29 is 0 Å². The lowest BCUT2D eigenvalue weighted by Gasteiger charge is -2.11. The first-order valence-electron chi connectivity index (χ1n) is 21.7. The third kappa shape index (κ3) is 4.51. The van der Waals surface area contributed by atoms with Crippen LogP contribution in [0.25, 0.3) is 136 Å². The third-order valence-electron chi connectivity index (χ3n) is 13.6. The maximum absolute atomic E-state index is 5.72. The summed E-state index contributed by atoms with van der Waals surface area (Å²) in [5.41, 5.74) is 13.7. The Morgan fingerprint density at radius 1 is 0.344 bits per heavy atom. The summed E-state index contributed by atoms with van der Waals surface area (Å²) in [6, 6.07) is 72.7. The summed E-state index contributed by atoms with van der Waals surface area (Å²) in [4.78, 5) is 12.2. The zero-order valence-electron chi connectivity index (χ0n) is 34.2. The molecular formula is C58H33N5S. The predicted molar refractivity (Wildman–Crippen MR) is 269 cm³/mol.